The van der Waals surface area contributed by atoms with Gasteiger partial charge < -0.3 is 10.1 Å². The van der Waals surface area contributed by atoms with Gasteiger partial charge in [-0.05, 0) is 37.3 Å². The van der Waals surface area contributed by atoms with Crippen molar-refractivity contribution in [3.05, 3.63) is 29.8 Å². The molecule has 1 aliphatic heterocycles. The van der Waals surface area contributed by atoms with Crippen molar-refractivity contribution in [3.8, 4) is 5.75 Å². The Hall–Kier alpha value is -1.02. The lowest BCUT2D eigenvalue weighted by Crippen LogP contribution is -2.35. The fraction of sp³-hybridized carbons (Fsp3) is 0.684. The summed E-state index contributed by atoms with van der Waals surface area (Å²) in [7, 11) is 0. The summed E-state index contributed by atoms with van der Waals surface area (Å²) < 4.78 is 5.89. The first-order chi connectivity index (χ1) is 10.2. The van der Waals surface area contributed by atoms with Crippen molar-refractivity contribution < 1.29 is 4.74 Å². The SMILES string of the molecule is CCCCC(CC)(CNCC)CC1COc2ccccc21. The topological polar surface area (TPSA) is 21.3 Å². The zero-order valence-corrected chi connectivity index (χ0v) is 14.0. The number of unbranched alkanes of at least 4 members (excludes halogenated alkanes) is 1. The maximum Gasteiger partial charge on any atom is 0.122 e. The minimum absolute atomic E-state index is 0.414. The van der Waals surface area contributed by atoms with E-state index in [2.05, 4.69) is 50.4 Å². The standard InChI is InChI=1S/C19H31NO/c1-4-7-12-19(5-2,15-20-6-3)13-16-14-21-18-11-9-8-10-17(16)18/h8-11,16,20H,4-7,12-15H2,1-3H3. The van der Waals surface area contributed by atoms with Crippen LogP contribution in [0.15, 0.2) is 24.3 Å². The molecule has 0 aliphatic carbocycles. The molecule has 0 aromatic heterocycles. The van der Waals surface area contributed by atoms with Crippen molar-refractivity contribution >= 4 is 0 Å². The second-order valence-electron chi connectivity index (χ2n) is 6.49. The first-order valence-electron chi connectivity index (χ1n) is 8.67. The van der Waals surface area contributed by atoms with E-state index in [9.17, 15) is 0 Å². The number of nitrogens with one attached hydrogen (secondary N) is 1. The van der Waals surface area contributed by atoms with Crippen LogP contribution in [0.4, 0.5) is 0 Å². The molecule has 1 aliphatic rings. The van der Waals surface area contributed by atoms with Gasteiger partial charge in [0.2, 0.25) is 0 Å². The van der Waals surface area contributed by atoms with Crippen LogP contribution in [0.25, 0.3) is 0 Å². The van der Waals surface area contributed by atoms with Crippen molar-refractivity contribution in [2.24, 2.45) is 5.41 Å². The molecule has 118 valence electrons. The maximum atomic E-state index is 5.89. The normalized spacial score (nSPS) is 19.9. The molecule has 1 aromatic rings. The van der Waals surface area contributed by atoms with Crippen LogP contribution in [-0.4, -0.2) is 19.7 Å². The summed E-state index contributed by atoms with van der Waals surface area (Å²) in [5.74, 6) is 1.67. The fourth-order valence-electron chi connectivity index (χ4n) is 3.57. The third kappa shape index (κ3) is 4.00. The summed E-state index contributed by atoms with van der Waals surface area (Å²) in [6.45, 7) is 9.91. The van der Waals surface area contributed by atoms with Crippen molar-refractivity contribution in [2.75, 3.05) is 19.7 Å². The van der Waals surface area contributed by atoms with Gasteiger partial charge in [-0.25, -0.2) is 0 Å². The van der Waals surface area contributed by atoms with Gasteiger partial charge in [-0.15, -0.1) is 0 Å². The van der Waals surface area contributed by atoms with Crippen molar-refractivity contribution in [2.45, 2.75) is 58.8 Å². The van der Waals surface area contributed by atoms with Crippen molar-refractivity contribution in [1.29, 1.82) is 0 Å². The van der Waals surface area contributed by atoms with E-state index in [4.69, 9.17) is 4.74 Å². The fourth-order valence-corrected chi connectivity index (χ4v) is 3.57. The summed E-state index contributed by atoms with van der Waals surface area (Å²) in [6.07, 6.45) is 6.43. The zero-order valence-electron chi connectivity index (χ0n) is 14.0. The van der Waals surface area contributed by atoms with E-state index in [0.29, 0.717) is 11.3 Å². The van der Waals surface area contributed by atoms with Crippen LogP contribution in [0.2, 0.25) is 0 Å². The molecule has 0 radical (unpaired) electrons. The maximum absolute atomic E-state index is 5.89. The highest BCUT2D eigenvalue weighted by Crippen LogP contribution is 2.44. The van der Waals surface area contributed by atoms with Crippen LogP contribution >= 0.6 is 0 Å². The molecule has 0 spiro atoms. The van der Waals surface area contributed by atoms with E-state index in [1.165, 1.54) is 37.7 Å². The smallest absolute Gasteiger partial charge is 0.122 e. The Morgan fingerprint density at radius 2 is 2.05 bits per heavy atom. The Kier molecular flexibility index (Phi) is 6.10. The Bertz CT molecular complexity index is 421. The van der Waals surface area contributed by atoms with E-state index in [1.54, 1.807) is 0 Å². The van der Waals surface area contributed by atoms with E-state index in [1.807, 2.05) is 0 Å². The van der Waals surface area contributed by atoms with Crippen molar-refractivity contribution in [3.63, 3.8) is 0 Å². The van der Waals surface area contributed by atoms with Crippen LogP contribution in [0.3, 0.4) is 0 Å². The van der Waals surface area contributed by atoms with Crippen LogP contribution in [0, 0.1) is 5.41 Å². The minimum atomic E-state index is 0.414. The molecule has 0 saturated heterocycles. The largest absolute Gasteiger partial charge is 0.493 e. The quantitative estimate of drug-likeness (QED) is 0.708. The highest BCUT2D eigenvalue weighted by Gasteiger charge is 2.34. The molecular weight excluding hydrogens is 258 g/mol. The lowest BCUT2D eigenvalue weighted by atomic mass is 9.72. The monoisotopic (exact) mass is 289 g/mol. The average Bonchev–Trinajstić information content (AvgIpc) is 2.93. The van der Waals surface area contributed by atoms with Gasteiger partial charge in [0.15, 0.2) is 0 Å². The van der Waals surface area contributed by atoms with E-state index < -0.39 is 0 Å². The lowest BCUT2D eigenvalue weighted by molar-refractivity contribution is 0.183. The second kappa shape index (κ2) is 7.84. The molecule has 2 unspecified atom stereocenters. The zero-order chi connectivity index (χ0) is 15.1. The number of benzene rings is 1. The summed E-state index contributed by atoms with van der Waals surface area (Å²) in [5.41, 5.74) is 1.83. The molecule has 0 saturated carbocycles. The highest BCUT2D eigenvalue weighted by molar-refractivity contribution is 5.39. The minimum Gasteiger partial charge on any atom is -0.493 e. The van der Waals surface area contributed by atoms with Crippen LogP contribution < -0.4 is 10.1 Å². The number of hydrogen-bond acceptors (Lipinski definition) is 2. The summed E-state index contributed by atoms with van der Waals surface area (Å²) >= 11 is 0. The number of ether oxygens (including phenoxy) is 1. The van der Waals surface area contributed by atoms with Gasteiger partial charge in [0.05, 0.1) is 6.61 Å². The predicted octanol–water partition coefficient (Wildman–Crippen LogP) is 4.75. The molecule has 2 atom stereocenters. The van der Waals surface area contributed by atoms with Gasteiger partial charge in [-0.1, -0.05) is 51.8 Å². The first kappa shape index (κ1) is 16.4. The Morgan fingerprint density at radius 1 is 1.24 bits per heavy atom. The molecular formula is C19H31NO. The molecule has 0 fully saturated rings. The van der Waals surface area contributed by atoms with Crippen molar-refractivity contribution in [1.82, 2.24) is 5.32 Å². The average molecular weight is 289 g/mol. The highest BCUT2D eigenvalue weighted by atomic mass is 16.5. The molecule has 2 heteroatoms. The number of para-hydroxylation sites is 1. The first-order valence-corrected chi connectivity index (χ1v) is 8.67. The Morgan fingerprint density at radius 3 is 2.76 bits per heavy atom. The molecule has 1 heterocycles. The molecule has 0 amide bonds. The van der Waals surface area contributed by atoms with Gasteiger partial charge in [0, 0.05) is 18.0 Å². The summed E-state index contributed by atoms with van der Waals surface area (Å²) in [4.78, 5) is 0. The Balaban J connectivity index is 2.11. The molecule has 2 rings (SSSR count). The third-order valence-corrected chi connectivity index (χ3v) is 5.04. The molecule has 0 bridgehead atoms. The summed E-state index contributed by atoms with van der Waals surface area (Å²) in [6, 6.07) is 8.58. The second-order valence-corrected chi connectivity index (χ2v) is 6.49. The molecule has 21 heavy (non-hydrogen) atoms. The molecule has 1 N–H and O–H groups in total. The van der Waals surface area contributed by atoms with Gasteiger partial charge in [0.25, 0.3) is 0 Å². The number of hydrogen-bond donors (Lipinski definition) is 1. The van der Waals surface area contributed by atoms with Crippen LogP contribution in [-0.2, 0) is 0 Å². The Labute approximate surface area is 130 Å². The predicted molar refractivity (Wildman–Crippen MR) is 90.1 cm³/mol. The lowest BCUT2D eigenvalue weighted by Gasteiger charge is -2.35. The van der Waals surface area contributed by atoms with Crippen LogP contribution in [0.1, 0.15) is 64.4 Å². The van der Waals surface area contributed by atoms with E-state index in [0.717, 1.165) is 25.4 Å². The number of fused-ring (bicyclic) bond motifs is 1. The van der Waals surface area contributed by atoms with Gasteiger partial charge >= 0.3 is 0 Å². The van der Waals surface area contributed by atoms with Gasteiger partial charge in [0.1, 0.15) is 5.75 Å². The summed E-state index contributed by atoms with van der Waals surface area (Å²) in [5, 5.41) is 3.61. The van der Waals surface area contributed by atoms with E-state index >= 15 is 0 Å². The van der Waals surface area contributed by atoms with E-state index in [-0.39, 0.29) is 0 Å². The van der Waals surface area contributed by atoms with Gasteiger partial charge in [-0.2, -0.15) is 0 Å². The molecule has 1 aromatic carbocycles. The number of rotatable bonds is 9. The third-order valence-electron chi connectivity index (χ3n) is 5.04. The van der Waals surface area contributed by atoms with Gasteiger partial charge in [-0.3, -0.25) is 0 Å². The van der Waals surface area contributed by atoms with Crippen LogP contribution in [0.5, 0.6) is 5.75 Å². The molecule has 2 nitrogen and oxygen atoms in total.